The second-order valence-corrected chi connectivity index (χ2v) is 9.96. The molecule has 0 aliphatic rings. The van der Waals surface area contributed by atoms with Gasteiger partial charge in [0.1, 0.15) is 5.75 Å². The number of nitrogens with zero attached hydrogens (tertiary/aromatic N) is 1. The second kappa shape index (κ2) is 10.1. The maximum atomic E-state index is 12.3. The third kappa shape index (κ3) is 5.53. The van der Waals surface area contributed by atoms with Crippen molar-refractivity contribution in [3.63, 3.8) is 0 Å². The Balaban J connectivity index is 1.34. The van der Waals surface area contributed by atoms with Crippen LogP contribution in [0.1, 0.15) is 5.56 Å². The van der Waals surface area contributed by atoms with E-state index in [0.29, 0.717) is 10.9 Å². The lowest BCUT2D eigenvalue weighted by molar-refractivity contribution is -0.121. The summed E-state index contributed by atoms with van der Waals surface area (Å²) in [5, 5.41) is 10.6. The first-order valence-corrected chi connectivity index (χ1v) is 12.4. The Morgan fingerprint density at radius 2 is 1.91 bits per heavy atom. The van der Waals surface area contributed by atoms with E-state index in [1.165, 1.54) is 16.7 Å². The van der Waals surface area contributed by atoms with E-state index in [1.807, 2.05) is 42.6 Å². The van der Waals surface area contributed by atoms with Gasteiger partial charge in [-0.25, -0.2) is 4.98 Å². The minimum Gasteiger partial charge on any atom is -0.482 e. The van der Waals surface area contributed by atoms with E-state index in [9.17, 15) is 4.79 Å². The number of halogens is 2. The van der Waals surface area contributed by atoms with Crippen molar-refractivity contribution in [1.82, 2.24) is 10.3 Å². The van der Waals surface area contributed by atoms with Crippen LogP contribution < -0.4 is 15.4 Å². The zero-order valence-electron chi connectivity index (χ0n) is 16.8. The largest absolute Gasteiger partial charge is 0.482 e. The van der Waals surface area contributed by atoms with Crippen molar-refractivity contribution >= 4 is 82.3 Å². The minimum atomic E-state index is -0.358. The zero-order chi connectivity index (χ0) is 22.7. The Labute approximate surface area is 211 Å². The van der Waals surface area contributed by atoms with Crippen molar-refractivity contribution < 1.29 is 9.53 Å². The van der Waals surface area contributed by atoms with Gasteiger partial charge in [-0.2, -0.15) is 0 Å². The fourth-order valence-corrected chi connectivity index (χ4v) is 5.67. The summed E-state index contributed by atoms with van der Waals surface area (Å²) < 4.78 is 7.34. The molecule has 0 fully saturated rings. The summed E-state index contributed by atoms with van der Waals surface area (Å²) >= 11 is 13.5. The molecule has 162 valence electrons. The summed E-state index contributed by atoms with van der Waals surface area (Å²) in [5.74, 6) is 0.255. The molecular weight excluding hydrogens is 574 g/mol. The molecule has 3 aromatic carbocycles. The number of nitrogens with one attached hydrogen (secondary N) is 2. The maximum absolute atomic E-state index is 12.3. The second-order valence-electron chi connectivity index (χ2n) is 6.92. The highest BCUT2D eigenvalue weighted by Gasteiger charge is 2.12. The number of hydrogen-bond acceptors (Lipinski definition) is 5. The SMILES string of the molecule is Cc1cc(Br)cc(Br)c1OCC(=O)NC(=S)Nc1nc(-c2ccc3ccccc3c2)cs1. The average molecular weight is 591 g/mol. The van der Waals surface area contributed by atoms with Gasteiger partial charge in [-0.1, -0.05) is 52.3 Å². The smallest absolute Gasteiger partial charge is 0.264 e. The van der Waals surface area contributed by atoms with E-state index in [0.717, 1.165) is 31.2 Å². The fraction of sp³-hybridized carbons (Fsp3) is 0.0870. The topological polar surface area (TPSA) is 63.2 Å². The van der Waals surface area contributed by atoms with E-state index in [4.69, 9.17) is 17.0 Å². The van der Waals surface area contributed by atoms with E-state index < -0.39 is 0 Å². The van der Waals surface area contributed by atoms with Gasteiger partial charge in [0, 0.05) is 15.4 Å². The molecule has 0 atom stereocenters. The number of aryl methyl sites for hydroxylation is 1. The van der Waals surface area contributed by atoms with Crippen molar-refractivity contribution in [3.05, 3.63) is 74.5 Å². The molecular formula is C23H17Br2N3O2S2. The first-order valence-electron chi connectivity index (χ1n) is 9.53. The van der Waals surface area contributed by atoms with Crippen molar-refractivity contribution in [2.45, 2.75) is 6.92 Å². The minimum absolute atomic E-state index is 0.164. The monoisotopic (exact) mass is 589 g/mol. The first kappa shape index (κ1) is 22.8. The van der Waals surface area contributed by atoms with Crippen molar-refractivity contribution in [3.8, 4) is 17.0 Å². The van der Waals surface area contributed by atoms with Gasteiger partial charge in [-0.05, 0) is 69.6 Å². The van der Waals surface area contributed by atoms with Crippen LogP contribution >= 0.6 is 55.4 Å². The third-order valence-corrected chi connectivity index (χ3v) is 6.57. The molecule has 32 heavy (non-hydrogen) atoms. The molecule has 0 spiro atoms. The number of benzene rings is 3. The number of ether oxygens (including phenoxy) is 1. The van der Waals surface area contributed by atoms with Gasteiger partial charge in [0.25, 0.3) is 5.91 Å². The number of fused-ring (bicyclic) bond motifs is 1. The lowest BCUT2D eigenvalue weighted by Gasteiger charge is -2.12. The van der Waals surface area contributed by atoms with Crippen LogP contribution in [0.2, 0.25) is 0 Å². The number of aromatic nitrogens is 1. The Bertz CT molecular complexity index is 1300. The van der Waals surface area contributed by atoms with Gasteiger partial charge in [0.05, 0.1) is 10.2 Å². The predicted octanol–water partition coefficient (Wildman–Crippen LogP) is 6.69. The number of thiocarbonyl (C=S) groups is 1. The number of carbonyl (C=O) groups excluding carboxylic acids is 1. The van der Waals surface area contributed by atoms with Gasteiger partial charge in [0.15, 0.2) is 16.9 Å². The fourth-order valence-electron chi connectivity index (χ4n) is 3.11. The van der Waals surface area contributed by atoms with Crippen LogP contribution in [0.5, 0.6) is 5.75 Å². The summed E-state index contributed by atoms with van der Waals surface area (Å²) in [4.78, 5) is 16.8. The van der Waals surface area contributed by atoms with E-state index in [-0.39, 0.29) is 17.6 Å². The molecule has 1 heterocycles. The summed E-state index contributed by atoms with van der Waals surface area (Å²) in [6, 6.07) is 18.2. The highest BCUT2D eigenvalue weighted by Crippen LogP contribution is 2.32. The van der Waals surface area contributed by atoms with E-state index >= 15 is 0 Å². The Kier molecular flexibility index (Phi) is 7.20. The summed E-state index contributed by atoms with van der Waals surface area (Å²) in [7, 11) is 0. The molecule has 1 aromatic heterocycles. The number of anilines is 1. The molecule has 0 aliphatic heterocycles. The van der Waals surface area contributed by atoms with Gasteiger partial charge >= 0.3 is 0 Å². The molecule has 2 N–H and O–H groups in total. The van der Waals surface area contributed by atoms with Crippen LogP contribution in [0.3, 0.4) is 0 Å². The van der Waals surface area contributed by atoms with Crippen LogP contribution in [0, 0.1) is 6.92 Å². The molecule has 4 rings (SSSR count). The Hall–Kier alpha value is -2.33. The maximum Gasteiger partial charge on any atom is 0.264 e. The van der Waals surface area contributed by atoms with E-state index in [1.54, 1.807) is 0 Å². The standard InChI is InChI=1S/C23H17Br2N3O2S2/c1-13-8-17(24)10-18(25)21(13)30-11-20(29)27-22(31)28-23-26-19(12-32-23)16-7-6-14-4-2-3-5-15(14)9-16/h2-10,12H,11H2,1H3,(H2,26,27,28,29,31). The van der Waals surface area contributed by atoms with Crippen molar-refractivity contribution in [1.29, 1.82) is 0 Å². The molecule has 0 unspecified atom stereocenters. The predicted molar refractivity (Wildman–Crippen MR) is 141 cm³/mol. The van der Waals surface area contributed by atoms with Crippen molar-refractivity contribution in [2.24, 2.45) is 0 Å². The summed E-state index contributed by atoms with van der Waals surface area (Å²) in [5.41, 5.74) is 2.77. The van der Waals surface area contributed by atoms with Crippen LogP contribution in [0.25, 0.3) is 22.0 Å². The highest BCUT2D eigenvalue weighted by molar-refractivity contribution is 9.11. The number of amides is 1. The molecule has 0 saturated carbocycles. The van der Waals surface area contributed by atoms with Crippen LogP contribution in [0.4, 0.5) is 5.13 Å². The number of rotatable bonds is 5. The van der Waals surface area contributed by atoms with Crippen LogP contribution in [0.15, 0.2) is 68.9 Å². The molecule has 4 aromatic rings. The van der Waals surface area contributed by atoms with Gasteiger partial charge in [0.2, 0.25) is 0 Å². The molecule has 0 radical (unpaired) electrons. The lowest BCUT2D eigenvalue weighted by Crippen LogP contribution is -2.37. The Morgan fingerprint density at radius 3 is 2.69 bits per heavy atom. The lowest BCUT2D eigenvalue weighted by atomic mass is 10.1. The normalized spacial score (nSPS) is 10.7. The molecule has 0 aliphatic carbocycles. The molecule has 9 heteroatoms. The summed E-state index contributed by atoms with van der Waals surface area (Å²) in [6.07, 6.45) is 0. The summed E-state index contributed by atoms with van der Waals surface area (Å²) in [6.45, 7) is 1.74. The molecule has 0 bridgehead atoms. The molecule has 0 saturated heterocycles. The van der Waals surface area contributed by atoms with Crippen molar-refractivity contribution in [2.75, 3.05) is 11.9 Å². The van der Waals surface area contributed by atoms with Gasteiger partial charge in [-0.15, -0.1) is 11.3 Å². The number of hydrogen-bond donors (Lipinski definition) is 2. The highest BCUT2D eigenvalue weighted by atomic mass is 79.9. The molecule has 1 amide bonds. The zero-order valence-corrected chi connectivity index (χ0v) is 21.6. The Morgan fingerprint density at radius 1 is 1.12 bits per heavy atom. The van der Waals surface area contributed by atoms with Crippen LogP contribution in [-0.2, 0) is 4.79 Å². The number of thiazole rings is 1. The van der Waals surface area contributed by atoms with Gasteiger partial charge < -0.3 is 10.1 Å². The quantitative estimate of drug-likeness (QED) is 0.254. The molecule has 5 nitrogen and oxygen atoms in total. The van der Waals surface area contributed by atoms with E-state index in [2.05, 4.69) is 71.7 Å². The average Bonchev–Trinajstić information content (AvgIpc) is 3.20. The third-order valence-electron chi connectivity index (χ3n) is 4.56. The first-order chi connectivity index (χ1) is 15.4. The van der Waals surface area contributed by atoms with Gasteiger partial charge in [-0.3, -0.25) is 10.1 Å². The van der Waals surface area contributed by atoms with Crippen LogP contribution in [-0.4, -0.2) is 22.6 Å². The number of carbonyl (C=O) groups is 1.